The second kappa shape index (κ2) is 14.7. The molecule has 12 nitrogen and oxygen atoms in total. The zero-order chi connectivity index (χ0) is 35.5. The lowest BCUT2D eigenvalue weighted by molar-refractivity contribution is -0.144. The molecule has 0 spiro atoms. The fourth-order valence-electron chi connectivity index (χ4n) is 7.02. The van der Waals surface area contributed by atoms with E-state index in [1.165, 1.54) is 0 Å². The van der Waals surface area contributed by atoms with E-state index in [1.54, 1.807) is 31.7 Å². The van der Waals surface area contributed by atoms with Crippen molar-refractivity contribution in [3.05, 3.63) is 12.7 Å². The number of fused-ring (bicyclic) bond motifs is 1. The monoisotopic (exact) mass is 679 g/mol. The van der Waals surface area contributed by atoms with Crippen LogP contribution < -0.4 is 21.3 Å². The number of amides is 5. The van der Waals surface area contributed by atoms with Gasteiger partial charge < -0.3 is 26.2 Å². The number of ketones is 1. The summed E-state index contributed by atoms with van der Waals surface area (Å²) in [5.74, 6) is -3.18. The molecule has 1 heterocycles. The van der Waals surface area contributed by atoms with Crippen molar-refractivity contribution in [3.8, 4) is 0 Å². The fourth-order valence-corrected chi connectivity index (χ4v) is 8.00. The van der Waals surface area contributed by atoms with Crippen LogP contribution in [0.3, 0.4) is 0 Å². The molecule has 0 unspecified atom stereocenters. The molecule has 266 valence electrons. The van der Waals surface area contributed by atoms with Gasteiger partial charge in [0.2, 0.25) is 17.6 Å². The molecule has 47 heavy (non-hydrogen) atoms. The van der Waals surface area contributed by atoms with Crippen LogP contribution in [0.1, 0.15) is 100 Å². The minimum Gasteiger partial charge on any atom is -0.348 e. The van der Waals surface area contributed by atoms with E-state index in [-0.39, 0.29) is 47.8 Å². The van der Waals surface area contributed by atoms with Gasteiger partial charge in [-0.15, -0.1) is 6.58 Å². The van der Waals surface area contributed by atoms with Crippen LogP contribution in [0, 0.1) is 23.2 Å². The summed E-state index contributed by atoms with van der Waals surface area (Å²) in [6, 6.07) is -3.31. The molecule has 0 radical (unpaired) electrons. The van der Waals surface area contributed by atoms with Crippen molar-refractivity contribution >= 4 is 39.4 Å². The second-order valence-electron chi connectivity index (χ2n) is 16.1. The van der Waals surface area contributed by atoms with Crippen molar-refractivity contribution in [1.82, 2.24) is 26.2 Å². The topological polar surface area (TPSA) is 171 Å². The maximum absolute atomic E-state index is 14.3. The van der Waals surface area contributed by atoms with Gasteiger partial charge in [-0.2, -0.15) is 0 Å². The molecule has 4 N–H and O–H groups in total. The molecule has 1 saturated heterocycles. The number of hydrogen-bond donors (Lipinski definition) is 4. The third-order valence-corrected chi connectivity index (χ3v) is 12.6. The van der Waals surface area contributed by atoms with Gasteiger partial charge in [-0.25, -0.2) is 13.2 Å². The molecule has 0 bridgehead atoms. The Kier molecular flexibility index (Phi) is 12.0. The summed E-state index contributed by atoms with van der Waals surface area (Å²) in [5, 5.41) is 11.0. The van der Waals surface area contributed by atoms with Gasteiger partial charge in [0, 0.05) is 18.6 Å². The summed E-state index contributed by atoms with van der Waals surface area (Å²) in [6.07, 6.45) is 6.59. The molecule has 5 atom stereocenters. The Balaban J connectivity index is 1.80. The highest BCUT2D eigenvalue weighted by atomic mass is 32.2. The molecule has 2 saturated carbocycles. The number of piperidine rings is 1. The first kappa shape index (κ1) is 38.5. The van der Waals surface area contributed by atoms with Crippen LogP contribution in [-0.2, 0) is 29.0 Å². The lowest BCUT2D eigenvalue weighted by Gasteiger charge is -2.37. The molecular formula is C34H57N5O7S. The third-order valence-electron chi connectivity index (χ3n) is 10.0. The molecular weight excluding hydrogens is 622 g/mol. The number of Topliss-reactive ketones (excluding diaryl/α,β-unsaturated/α-hetero) is 1. The normalized spacial score (nSPS) is 23.9. The van der Waals surface area contributed by atoms with Crippen LogP contribution in [0.2, 0.25) is 0 Å². The van der Waals surface area contributed by atoms with Gasteiger partial charge in [0.25, 0.3) is 5.91 Å². The summed E-state index contributed by atoms with van der Waals surface area (Å²) in [6.45, 7) is 18.2. The van der Waals surface area contributed by atoms with Crippen LogP contribution >= 0.6 is 0 Å². The summed E-state index contributed by atoms with van der Waals surface area (Å²) in [5.41, 5.74) is -0.710. The first-order valence-electron chi connectivity index (χ1n) is 17.0. The zero-order valence-corrected chi connectivity index (χ0v) is 30.3. The van der Waals surface area contributed by atoms with Crippen LogP contribution in [0.15, 0.2) is 12.7 Å². The van der Waals surface area contributed by atoms with Crippen LogP contribution in [0.4, 0.5) is 4.79 Å². The van der Waals surface area contributed by atoms with E-state index in [0.29, 0.717) is 13.0 Å². The van der Waals surface area contributed by atoms with E-state index >= 15 is 0 Å². The Bertz CT molecular complexity index is 1320. The maximum atomic E-state index is 14.3. The number of carbonyl (C=O) groups is 5. The van der Waals surface area contributed by atoms with Crippen molar-refractivity contribution in [2.45, 2.75) is 129 Å². The number of allylic oxidation sites excluding steroid dienone is 1. The molecule has 0 aromatic heterocycles. The SMILES string of the molecule is C=CCC[C@H](NC(=O)[C@@H]1[C@@H]2[C@H](CN1C(=O)[C@@H](NC(=O)NC(C)(C)C)C1CCCCC1)C2(C)C)C(=O)C(=O)NCCS(=O)(=O)C(C)(C)C. The van der Waals surface area contributed by atoms with Gasteiger partial charge in [-0.05, 0) is 90.4 Å². The lowest BCUT2D eigenvalue weighted by atomic mass is 9.83. The smallest absolute Gasteiger partial charge is 0.315 e. The average molecular weight is 680 g/mol. The van der Waals surface area contributed by atoms with Crippen LogP contribution in [0.5, 0.6) is 0 Å². The highest BCUT2D eigenvalue weighted by Gasteiger charge is 2.69. The van der Waals surface area contributed by atoms with Gasteiger partial charge in [0.05, 0.1) is 16.5 Å². The van der Waals surface area contributed by atoms with Crippen molar-refractivity contribution in [2.24, 2.45) is 23.2 Å². The van der Waals surface area contributed by atoms with Crippen molar-refractivity contribution in [1.29, 1.82) is 0 Å². The molecule has 1 aliphatic heterocycles. The minimum atomic E-state index is -3.52. The molecule has 3 rings (SSSR count). The molecule has 0 aromatic rings. The Morgan fingerprint density at radius 3 is 2.15 bits per heavy atom. The standard InChI is InChI=1S/C34H57N5O7S/c1-10-11-17-23(27(40)29(42)35-18-19-47(45,46)33(5,6)7)36-28(41)26-24-22(34(24,8)9)20-39(26)30(43)25(21-15-13-12-14-16-21)37-31(44)38-32(2,3)4/h10,21-26H,1,11-20H2,2-9H3,(H,35,42)(H,36,41)(H2,37,38,44)/t22-,23-,24-,25-,26-/m0/s1. The molecule has 13 heteroatoms. The Morgan fingerprint density at radius 2 is 1.60 bits per heavy atom. The van der Waals surface area contributed by atoms with E-state index in [0.717, 1.165) is 32.1 Å². The highest BCUT2D eigenvalue weighted by molar-refractivity contribution is 7.92. The summed E-state index contributed by atoms with van der Waals surface area (Å²) >= 11 is 0. The van der Waals surface area contributed by atoms with Gasteiger partial charge in [0.1, 0.15) is 12.1 Å². The number of nitrogens with one attached hydrogen (secondary N) is 4. The number of hydrogen-bond acceptors (Lipinski definition) is 7. The van der Waals surface area contributed by atoms with Crippen molar-refractivity contribution < 1.29 is 32.4 Å². The van der Waals surface area contributed by atoms with Crippen molar-refractivity contribution in [2.75, 3.05) is 18.8 Å². The fraction of sp³-hybridized carbons (Fsp3) is 0.794. The lowest BCUT2D eigenvalue weighted by Crippen LogP contribution is -2.61. The second-order valence-corrected chi connectivity index (χ2v) is 19.0. The Hall–Kier alpha value is -2.96. The van der Waals surface area contributed by atoms with E-state index in [2.05, 4.69) is 41.7 Å². The largest absolute Gasteiger partial charge is 0.348 e. The maximum Gasteiger partial charge on any atom is 0.315 e. The first-order chi connectivity index (χ1) is 21.6. The predicted octanol–water partition coefficient (Wildman–Crippen LogP) is 2.87. The Labute approximate surface area is 280 Å². The van der Waals surface area contributed by atoms with Gasteiger partial charge in [-0.1, -0.05) is 39.2 Å². The molecule has 2 aliphatic carbocycles. The third kappa shape index (κ3) is 9.35. The van der Waals surface area contributed by atoms with E-state index < -0.39 is 61.9 Å². The minimum absolute atomic E-state index is 0.0664. The molecule has 3 aliphatic rings. The molecule has 3 fully saturated rings. The van der Waals surface area contributed by atoms with Gasteiger partial charge in [-0.3, -0.25) is 19.2 Å². The highest BCUT2D eigenvalue weighted by Crippen LogP contribution is 2.65. The molecule has 5 amide bonds. The summed E-state index contributed by atoms with van der Waals surface area (Å²) < 4.78 is 23.9. The number of urea groups is 1. The number of rotatable bonds is 13. The Morgan fingerprint density at radius 1 is 0.979 bits per heavy atom. The number of sulfone groups is 1. The van der Waals surface area contributed by atoms with E-state index in [9.17, 15) is 32.4 Å². The average Bonchev–Trinajstić information content (AvgIpc) is 3.27. The molecule has 0 aromatic carbocycles. The van der Waals surface area contributed by atoms with Gasteiger partial charge >= 0.3 is 6.03 Å². The van der Waals surface area contributed by atoms with Gasteiger partial charge in [0.15, 0.2) is 9.84 Å². The van der Waals surface area contributed by atoms with Crippen LogP contribution in [-0.4, -0.2) is 90.1 Å². The quantitative estimate of drug-likeness (QED) is 0.171. The predicted molar refractivity (Wildman–Crippen MR) is 181 cm³/mol. The first-order valence-corrected chi connectivity index (χ1v) is 18.6. The summed E-state index contributed by atoms with van der Waals surface area (Å²) in [4.78, 5) is 69.1. The summed E-state index contributed by atoms with van der Waals surface area (Å²) in [7, 11) is -3.52. The van der Waals surface area contributed by atoms with E-state index in [4.69, 9.17) is 0 Å². The van der Waals surface area contributed by atoms with Crippen molar-refractivity contribution in [3.63, 3.8) is 0 Å². The number of nitrogens with zero attached hydrogens (tertiary/aromatic N) is 1. The van der Waals surface area contributed by atoms with E-state index in [1.807, 2.05) is 20.8 Å². The van der Waals surface area contributed by atoms with Crippen LogP contribution in [0.25, 0.3) is 0 Å². The number of carbonyl (C=O) groups excluding carboxylic acids is 5. The number of likely N-dealkylation sites (tertiary alicyclic amines) is 1. The zero-order valence-electron chi connectivity index (χ0n) is 29.5.